The van der Waals surface area contributed by atoms with Gasteiger partial charge in [0, 0.05) is 18.9 Å². The van der Waals surface area contributed by atoms with Gasteiger partial charge in [0.25, 0.3) is 5.91 Å². The summed E-state index contributed by atoms with van der Waals surface area (Å²) in [5, 5.41) is 2.53. The van der Waals surface area contributed by atoms with Crippen LogP contribution in [-0.4, -0.2) is 64.2 Å². The zero-order chi connectivity index (χ0) is 21.5. The average molecular weight is 434 g/mol. The fourth-order valence-corrected chi connectivity index (χ4v) is 5.22. The molecule has 4 rings (SSSR count). The molecule has 3 fully saturated rings. The maximum Gasteiger partial charge on any atom is 0.253 e. The van der Waals surface area contributed by atoms with E-state index >= 15 is 0 Å². The van der Waals surface area contributed by atoms with Crippen molar-refractivity contribution in [2.45, 2.75) is 63.1 Å². The van der Waals surface area contributed by atoms with Crippen molar-refractivity contribution >= 4 is 29.2 Å². The highest BCUT2D eigenvalue weighted by atomic mass is 35.5. The molecule has 4 atom stereocenters. The number of ether oxygens (including phenoxy) is 1. The van der Waals surface area contributed by atoms with Crippen LogP contribution in [0.3, 0.4) is 0 Å². The fraction of sp³-hybridized carbons (Fsp3) is 0.636. The Balaban J connectivity index is 1.57. The van der Waals surface area contributed by atoms with Crippen LogP contribution in [-0.2, 0) is 14.3 Å². The van der Waals surface area contributed by atoms with E-state index in [2.05, 4.69) is 24.1 Å². The third-order valence-electron chi connectivity index (χ3n) is 6.74. The maximum atomic E-state index is 13.6. The summed E-state index contributed by atoms with van der Waals surface area (Å²) in [6.45, 7) is 4.68. The van der Waals surface area contributed by atoms with Gasteiger partial charge >= 0.3 is 0 Å². The highest BCUT2D eigenvalue weighted by molar-refractivity contribution is 6.22. The third-order valence-corrected chi connectivity index (χ3v) is 7.12. The molecule has 0 bridgehead atoms. The number of carbonyl (C=O) groups is 3. The second-order valence-corrected chi connectivity index (χ2v) is 9.95. The summed E-state index contributed by atoms with van der Waals surface area (Å²) >= 11 is 6.38. The molecule has 0 unspecified atom stereocenters. The van der Waals surface area contributed by atoms with Crippen molar-refractivity contribution in [2.24, 2.45) is 11.3 Å². The van der Waals surface area contributed by atoms with Crippen molar-refractivity contribution in [3.05, 3.63) is 30.1 Å². The Labute approximate surface area is 181 Å². The molecule has 0 radical (unpaired) electrons. The van der Waals surface area contributed by atoms with Gasteiger partial charge in [-0.1, -0.05) is 13.8 Å². The predicted molar refractivity (Wildman–Crippen MR) is 111 cm³/mol. The molecule has 2 amide bonds. The molecular weight excluding hydrogens is 406 g/mol. The molecule has 2 aliphatic heterocycles. The lowest BCUT2D eigenvalue weighted by Gasteiger charge is -2.39. The Morgan fingerprint density at radius 3 is 2.73 bits per heavy atom. The molecule has 1 aromatic rings. The number of aromatic nitrogens is 1. The number of nitrogens with one attached hydrogen (secondary N) is 1. The van der Waals surface area contributed by atoms with Crippen molar-refractivity contribution in [2.75, 3.05) is 13.2 Å². The maximum absolute atomic E-state index is 13.6. The molecule has 8 heteroatoms. The Bertz CT molecular complexity index is 821. The number of Topliss-reactive ketones (excluding diaryl/α,β-unsaturated/α-hetero) is 1. The number of carbonyl (C=O) groups excluding carboxylic acids is 3. The van der Waals surface area contributed by atoms with Gasteiger partial charge in [-0.2, -0.15) is 0 Å². The lowest BCUT2D eigenvalue weighted by Crippen LogP contribution is -2.55. The largest absolute Gasteiger partial charge is 0.366 e. The average Bonchev–Trinajstić information content (AvgIpc) is 3.27. The SMILES string of the molecule is CC1(C)CCC([C@H](NC(=O)c2cccnc2)C(=O)N2C[C@H](Cl)[C@H]3OCC(=O)[C@H]32)CC1. The Morgan fingerprint density at radius 2 is 2.07 bits per heavy atom. The lowest BCUT2D eigenvalue weighted by molar-refractivity contribution is -0.139. The van der Waals surface area contributed by atoms with Gasteiger partial charge in [0.2, 0.25) is 5.91 Å². The van der Waals surface area contributed by atoms with E-state index in [0.29, 0.717) is 5.56 Å². The van der Waals surface area contributed by atoms with E-state index in [9.17, 15) is 14.4 Å². The van der Waals surface area contributed by atoms with Gasteiger partial charge in [-0.05, 0) is 49.1 Å². The standard InChI is InChI=1S/C22H28ClN3O4/c1-22(2)7-5-13(6-8-22)17(25-20(28)14-4-3-9-24-10-14)21(29)26-11-15(23)19-18(26)16(27)12-30-19/h3-4,9-10,13,15,17-19H,5-8,11-12H2,1-2H3,(H,25,28)/t15-,17-,18+,19+/m0/s1. The van der Waals surface area contributed by atoms with E-state index in [0.717, 1.165) is 25.7 Å². The summed E-state index contributed by atoms with van der Waals surface area (Å²) in [4.78, 5) is 44.4. The number of amides is 2. The highest BCUT2D eigenvalue weighted by Crippen LogP contribution is 2.40. The first kappa shape index (κ1) is 21.2. The van der Waals surface area contributed by atoms with Gasteiger partial charge in [-0.15, -0.1) is 11.6 Å². The minimum Gasteiger partial charge on any atom is -0.366 e. The fourth-order valence-electron chi connectivity index (χ4n) is 4.86. The normalized spacial score (nSPS) is 29.5. The third kappa shape index (κ3) is 4.10. The van der Waals surface area contributed by atoms with Crippen LogP contribution in [0.25, 0.3) is 0 Å². The summed E-state index contributed by atoms with van der Waals surface area (Å²) in [6.07, 6.45) is 6.26. The zero-order valence-corrected chi connectivity index (χ0v) is 18.1. The minimum atomic E-state index is -0.704. The summed E-state index contributed by atoms with van der Waals surface area (Å²) in [5.41, 5.74) is 0.633. The number of pyridine rings is 1. The number of nitrogens with zero attached hydrogens (tertiary/aromatic N) is 2. The number of fused-ring (bicyclic) bond motifs is 1. The Hall–Kier alpha value is -1.99. The van der Waals surface area contributed by atoms with Gasteiger partial charge < -0.3 is 15.0 Å². The van der Waals surface area contributed by atoms with Gasteiger partial charge in [0.15, 0.2) is 5.78 Å². The predicted octanol–water partition coefficient (Wildman–Crippen LogP) is 2.18. The van der Waals surface area contributed by atoms with Gasteiger partial charge in [0.1, 0.15) is 24.8 Å². The van der Waals surface area contributed by atoms with Crippen LogP contribution in [0.15, 0.2) is 24.5 Å². The molecule has 1 aliphatic carbocycles. The Kier molecular flexibility index (Phi) is 5.86. The minimum absolute atomic E-state index is 0.0106. The molecule has 1 aromatic heterocycles. The number of hydrogen-bond acceptors (Lipinski definition) is 5. The molecule has 7 nitrogen and oxygen atoms in total. The first-order chi connectivity index (χ1) is 14.3. The van der Waals surface area contributed by atoms with Gasteiger partial charge in [-0.3, -0.25) is 19.4 Å². The summed E-state index contributed by atoms with van der Waals surface area (Å²) in [7, 11) is 0. The van der Waals surface area contributed by atoms with Crippen LogP contribution in [0.4, 0.5) is 0 Å². The number of likely N-dealkylation sites (tertiary alicyclic amines) is 1. The van der Waals surface area contributed by atoms with Crippen LogP contribution in [0.2, 0.25) is 0 Å². The second kappa shape index (κ2) is 8.27. The van der Waals surface area contributed by atoms with Crippen molar-refractivity contribution < 1.29 is 19.1 Å². The summed E-state index contributed by atoms with van der Waals surface area (Å²) in [6, 6.07) is 2.00. The van der Waals surface area contributed by atoms with Crippen molar-refractivity contribution in [3.8, 4) is 0 Å². The molecule has 0 aromatic carbocycles. The van der Waals surface area contributed by atoms with E-state index in [-0.39, 0.29) is 42.1 Å². The topological polar surface area (TPSA) is 88.6 Å². The first-order valence-electron chi connectivity index (χ1n) is 10.6. The quantitative estimate of drug-likeness (QED) is 0.735. The van der Waals surface area contributed by atoms with E-state index in [4.69, 9.17) is 16.3 Å². The van der Waals surface area contributed by atoms with E-state index in [1.165, 1.54) is 11.1 Å². The monoisotopic (exact) mass is 433 g/mol. The number of halogens is 1. The molecule has 3 aliphatic rings. The number of alkyl halides is 1. The molecule has 0 spiro atoms. The van der Waals surface area contributed by atoms with Gasteiger partial charge in [-0.25, -0.2) is 0 Å². The molecule has 3 heterocycles. The number of rotatable bonds is 4. The lowest BCUT2D eigenvalue weighted by atomic mass is 9.71. The zero-order valence-electron chi connectivity index (χ0n) is 17.3. The van der Waals surface area contributed by atoms with Crippen LogP contribution < -0.4 is 5.32 Å². The van der Waals surface area contributed by atoms with Gasteiger partial charge in [0.05, 0.1) is 10.9 Å². The number of hydrogen-bond donors (Lipinski definition) is 1. The van der Waals surface area contributed by atoms with Crippen molar-refractivity contribution in [3.63, 3.8) is 0 Å². The molecule has 1 N–H and O–H groups in total. The molecule has 2 saturated heterocycles. The van der Waals surface area contributed by atoms with Crippen molar-refractivity contribution in [1.82, 2.24) is 15.2 Å². The molecule has 1 saturated carbocycles. The van der Waals surface area contributed by atoms with E-state index in [1.54, 1.807) is 18.3 Å². The number of ketones is 1. The molecule has 162 valence electrons. The van der Waals surface area contributed by atoms with Crippen LogP contribution in [0.5, 0.6) is 0 Å². The summed E-state index contributed by atoms with van der Waals surface area (Å²) < 4.78 is 5.51. The highest BCUT2D eigenvalue weighted by Gasteiger charge is 2.53. The second-order valence-electron chi connectivity index (χ2n) is 9.39. The first-order valence-corrected chi connectivity index (χ1v) is 11.0. The van der Waals surface area contributed by atoms with Crippen LogP contribution in [0, 0.1) is 11.3 Å². The van der Waals surface area contributed by atoms with E-state index in [1.807, 2.05) is 0 Å². The molecule has 30 heavy (non-hydrogen) atoms. The Morgan fingerprint density at radius 1 is 1.33 bits per heavy atom. The summed E-state index contributed by atoms with van der Waals surface area (Å²) in [5.74, 6) is -0.692. The smallest absolute Gasteiger partial charge is 0.253 e. The van der Waals surface area contributed by atoms with E-state index < -0.39 is 23.6 Å². The van der Waals surface area contributed by atoms with Crippen molar-refractivity contribution in [1.29, 1.82) is 0 Å². The van der Waals surface area contributed by atoms with Crippen LogP contribution in [0.1, 0.15) is 49.9 Å². The van der Waals surface area contributed by atoms with Crippen LogP contribution >= 0.6 is 11.6 Å². The molecular formula is C22H28ClN3O4.